The van der Waals surface area contributed by atoms with Crippen LogP contribution in [0.1, 0.15) is 37.7 Å². The number of nitrogens with two attached hydrogens (primary N) is 1. The van der Waals surface area contributed by atoms with Crippen molar-refractivity contribution in [3.63, 3.8) is 0 Å². The molecule has 1 aromatic heterocycles. The van der Waals surface area contributed by atoms with E-state index in [4.69, 9.17) is 5.73 Å². The molecule has 1 atom stereocenters. The second kappa shape index (κ2) is 7.35. The standard InChI is InChI=1S/C12H20IN3O.ClH/c1-8(2)5-12(3,7-14)16-11(17)10-4-9(13)6-15-10;/h4,6,8,15H,5,7,14H2,1-3H3,(H,16,17);1H. The summed E-state index contributed by atoms with van der Waals surface area (Å²) >= 11 is 2.16. The molecule has 0 radical (unpaired) electrons. The Balaban J connectivity index is 0.00000289. The molecular weight excluding hydrogens is 365 g/mol. The quantitative estimate of drug-likeness (QED) is 0.682. The van der Waals surface area contributed by atoms with Crippen LogP contribution in [0.5, 0.6) is 0 Å². The van der Waals surface area contributed by atoms with Gasteiger partial charge in [-0.3, -0.25) is 4.79 Å². The predicted molar refractivity (Wildman–Crippen MR) is 85.1 cm³/mol. The van der Waals surface area contributed by atoms with E-state index in [2.05, 4.69) is 46.7 Å². The minimum atomic E-state index is -0.345. The van der Waals surface area contributed by atoms with Crippen LogP contribution < -0.4 is 11.1 Å². The Labute approximate surface area is 128 Å². The average molecular weight is 386 g/mol. The van der Waals surface area contributed by atoms with Gasteiger partial charge in [0.15, 0.2) is 0 Å². The molecule has 0 aliphatic carbocycles. The number of carbonyl (C=O) groups excluding carboxylic acids is 1. The van der Waals surface area contributed by atoms with E-state index in [1.165, 1.54) is 0 Å². The lowest BCUT2D eigenvalue weighted by Gasteiger charge is -2.31. The first-order valence-corrected chi connectivity index (χ1v) is 6.80. The third-order valence-corrected chi connectivity index (χ3v) is 3.24. The SMILES string of the molecule is CC(C)CC(C)(CN)NC(=O)c1cc(I)c[nH]1.Cl. The van der Waals surface area contributed by atoms with E-state index in [0.717, 1.165) is 9.99 Å². The lowest BCUT2D eigenvalue weighted by atomic mass is 9.90. The summed E-state index contributed by atoms with van der Waals surface area (Å²) in [4.78, 5) is 15.0. The van der Waals surface area contributed by atoms with Crippen LogP contribution >= 0.6 is 35.0 Å². The van der Waals surface area contributed by atoms with E-state index in [1.54, 1.807) is 6.20 Å². The molecule has 4 N–H and O–H groups in total. The predicted octanol–water partition coefficient (Wildman–Crippen LogP) is 2.53. The molecule has 6 heteroatoms. The van der Waals surface area contributed by atoms with Crippen LogP contribution in [-0.4, -0.2) is 23.0 Å². The summed E-state index contributed by atoms with van der Waals surface area (Å²) in [6.07, 6.45) is 2.67. The van der Waals surface area contributed by atoms with Gasteiger partial charge in [0.25, 0.3) is 5.91 Å². The molecule has 0 aromatic carbocycles. The molecule has 1 rings (SSSR count). The molecule has 1 aromatic rings. The number of amides is 1. The maximum Gasteiger partial charge on any atom is 0.268 e. The number of nitrogens with one attached hydrogen (secondary N) is 2. The van der Waals surface area contributed by atoms with Crippen LogP contribution in [0.3, 0.4) is 0 Å². The second-order valence-corrected chi connectivity index (χ2v) is 6.29. The van der Waals surface area contributed by atoms with Gasteiger partial charge in [-0.1, -0.05) is 13.8 Å². The smallest absolute Gasteiger partial charge is 0.268 e. The number of aromatic nitrogens is 1. The van der Waals surface area contributed by atoms with Gasteiger partial charge in [-0.15, -0.1) is 12.4 Å². The van der Waals surface area contributed by atoms with Crippen molar-refractivity contribution >= 4 is 40.9 Å². The summed E-state index contributed by atoms with van der Waals surface area (Å²) in [5.41, 5.74) is 6.00. The van der Waals surface area contributed by atoms with Gasteiger partial charge in [0.1, 0.15) is 5.69 Å². The zero-order chi connectivity index (χ0) is 13.1. The van der Waals surface area contributed by atoms with Crippen molar-refractivity contribution in [1.29, 1.82) is 0 Å². The minimum Gasteiger partial charge on any atom is -0.356 e. The molecule has 0 bridgehead atoms. The molecule has 1 heterocycles. The van der Waals surface area contributed by atoms with E-state index in [1.807, 2.05) is 13.0 Å². The van der Waals surface area contributed by atoms with Crippen molar-refractivity contribution < 1.29 is 4.79 Å². The van der Waals surface area contributed by atoms with Crippen molar-refractivity contribution in [1.82, 2.24) is 10.3 Å². The third-order valence-electron chi connectivity index (χ3n) is 2.62. The summed E-state index contributed by atoms with van der Waals surface area (Å²) in [6.45, 7) is 6.67. The fourth-order valence-electron chi connectivity index (χ4n) is 1.93. The highest BCUT2D eigenvalue weighted by Gasteiger charge is 2.26. The highest BCUT2D eigenvalue weighted by Crippen LogP contribution is 2.16. The fourth-order valence-corrected chi connectivity index (χ4v) is 2.39. The lowest BCUT2D eigenvalue weighted by molar-refractivity contribution is 0.0893. The average Bonchev–Trinajstić information content (AvgIpc) is 2.63. The molecule has 18 heavy (non-hydrogen) atoms. The number of hydrogen-bond acceptors (Lipinski definition) is 2. The molecule has 1 unspecified atom stereocenters. The van der Waals surface area contributed by atoms with Gasteiger partial charge in [0, 0.05) is 16.3 Å². The van der Waals surface area contributed by atoms with Gasteiger partial charge in [-0.05, 0) is 47.9 Å². The first-order valence-electron chi connectivity index (χ1n) is 5.73. The van der Waals surface area contributed by atoms with E-state index < -0.39 is 0 Å². The maximum atomic E-state index is 12.0. The van der Waals surface area contributed by atoms with Gasteiger partial charge in [0.2, 0.25) is 0 Å². The largest absolute Gasteiger partial charge is 0.356 e. The number of carbonyl (C=O) groups is 1. The van der Waals surface area contributed by atoms with E-state index in [-0.39, 0.29) is 23.9 Å². The second-order valence-electron chi connectivity index (χ2n) is 5.05. The van der Waals surface area contributed by atoms with Gasteiger partial charge in [-0.2, -0.15) is 0 Å². The Morgan fingerprint density at radius 2 is 2.22 bits per heavy atom. The lowest BCUT2D eigenvalue weighted by Crippen LogP contribution is -2.52. The normalized spacial score (nSPS) is 13.9. The highest BCUT2D eigenvalue weighted by atomic mass is 127. The Kier molecular flexibility index (Phi) is 7.24. The van der Waals surface area contributed by atoms with Crippen LogP contribution in [0.2, 0.25) is 0 Å². The Morgan fingerprint density at radius 1 is 1.61 bits per heavy atom. The number of aromatic amines is 1. The van der Waals surface area contributed by atoms with Crippen molar-refractivity contribution in [3.05, 3.63) is 21.5 Å². The Bertz CT molecular complexity index is 394. The van der Waals surface area contributed by atoms with Crippen molar-refractivity contribution in [2.24, 2.45) is 11.7 Å². The molecule has 1 amide bonds. The summed E-state index contributed by atoms with van der Waals surface area (Å²) in [5.74, 6) is 0.397. The van der Waals surface area contributed by atoms with Crippen LogP contribution in [0, 0.1) is 9.49 Å². The van der Waals surface area contributed by atoms with Crippen molar-refractivity contribution in [3.8, 4) is 0 Å². The molecule has 0 fully saturated rings. The molecule has 0 saturated heterocycles. The Morgan fingerprint density at radius 3 is 2.61 bits per heavy atom. The van der Waals surface area contributed by atoms with E-state index in [0.29, 0.717) is 18.2 Å². The molecule has 4 nitrogen and oxygen atoms in total. The molecule has 0 aliphatic heterocycles. The van der Waals surface area contributed by atoms with Gasteiger partial charge < -0.3 is 16.0 Å². The minimum absolute atomic E-state index is 0. The molecular formula is C12H21ClIN3O. The van der Waals surface area contributed by atoms with Crippen LogP contribution in [-0.2, 0) is 0 Å². The fraction of sp³-hybridized carbons (Fsp3) is 0.583. The summed E-state index contributed by atoms with van der Waals surface area (Å²) in [6, 6.07) is 1.82. The van der Waals surface area contributed by atoms with Gasteiger partial charge in [0.05, 0.1) is 5.54 Å². The van der Waals surface area contributed by atoms with Crippen molar-refractivity contribution in [2.75, 3.05) is 6.54 Å². The van der Waals surface area contributed by atoms with Crippen LogP contribution in [0.15, 0.2) is 12.3 Å². The topological polar surface area (TPSA) is 70.9 Å². The Hall–Kier alpha value is -0.270. The van der Waals surface area contributed by atoms with Crippen LogP contribution in [0.25, 0.3) is 0 Å². The summed E-state index contributed by atoms with van der Waals surface area (Å²) in [7, 11) is 0. The monoisotopic (exact) mass is 385 g/mol. The number of halogens is 2. The summed E-state index contributed by atoms with van der Waals surface area (Å²) in [5, 5.41) is 3.01. The van der Waals surface area contributed by atoms with E-state index in [9.17, 15) is 4.79 Å². The number of H-pyrrole nitrogens is 1. The molecule has 0 saturated carbocycles. The molecule has 0 aliphatic rings. The first-order chi connectivity index (χ1) is 7.86. The zero-order valence-corrected chi connectivity index (χ0v) is 13.9. The maximum absolute atomic E-state index is 12.0. The van der Waals surface area contributed by atoms with Gasteiger partial charge in [-0.25, -0.2) is 0 Å². The summed E-state index contributed by atoms with van der Waals surface area (Å²) < 4.78 is 1.02. The molecule has 0 spiro atoms. The van der Waals surface area contributed by atoms with E-state index >= 15 is 0 Å². The third kappa shape index (κ3) is 5.16. The first kappa shape index (κ1) is 17.7. The number of rotatable bonds is 5. The molecule has 104 valence electrons. The van der Waals surface area contributed by atoms with Crippen LogP contribution in [0.4, 0.5) is 0 Å². The zero-order valence-electron chi connectivity index (χ0n) is 10.9. The highest BCUT2D eigenvalue weighted by molar-refractivity contribution is 14.1. The number of hydrogen-bond donors (Lipinski definition) is 3. The van der Waals surface area contributed by atoms with Gasteiger partial charge >= 0.3 is 0 Å². The van der Waals surface area contributed by atoms with Crippen molar-refractivity contribution in [2.45, 2.75) is 32.7 Å².